The summed E-state index contributed by atoms with van der Waals surface area (Å²) in [6, 6.07) is 0.916. The highest BCUT2D eigenvalue weighted by molar-refractivity contribution is 4.84. The fraction of sp³-hybridized carbons (Fsp3) is 1.00. The number of nitrogens with two attached hydrogens (primary N) is 1. The summed E-state index contributed by atoms with van der Waals surface area (Å²) >= 11 is 0. The Kier molecular flexibility index (Phi) is 7.14. The van der Waals surface area contributed by atoms with E-state index in [1.165, 1.54) is 51.6 Å². The lowest BCUT2D eigenvalue weighted by Crippen LogP contribution is -2.31. The van der Waals surface area contributed by atoms with Crippen molar-refractivity contribution in [2.75, 3.05) is 19.6 Å². The maximum Gasteiger partial charge on any atom is 0.00964 e. The van der Waals surface area contributed by atoms with Gasteiger partial charge in [0.1, 0.15) is 0 Å². The molecule has 1 unspecified atom stereocenters. The highest BCUT2D eigenvalue weighted by Gasteiger charge is 2.28. The topological polar surface area (TPSA) is 29.3 Å². The van der Waals surface area contributed by atoms with E-state index in [9.17, 15) is 0 Å². The van der Waals surface area contributed by atoms with Crippen molar-refractivity contribution < 1.29 is 0 Å². The van der Waals surface area contributed by atoms with Gasteiger partial charge in [0.25, 0.3) is 0 Å². The first-order valence-electron chi connectivity index (χ1n) is 7.61. The van der Waals surface area contributed by atoms with Gasteiger partial charge >= 0.3 is 0 Å². The second kappa shape index (κ2) is 8.10. The van der Waals surface area contributed by atoms with E-state index in [-0.39, 0.29) is 0 Å². The molecular formula is C15H32N2. The Morgan fingerprint density at radius 1 is 1.24 bits per heavy atom. The van der Waals surface area contributed by atoms with Crippen LogP contribution in [0.4, 0.5) is 0 Å². The molecule has 102 valence electrons. The Labute approximate surface area is 108 Å². The van der Waals surface area contributed by atoms with Crippen molar-refractivity contribution in [3.05, 3.63) is 0 Å². The van der Waals surface area contributed by atoms with Crippen LogP contribution in [0.3, 0.4) is 0 Å². The van der Waals surface area contributed by atoms with Crippen LogP contribution in [0.25, 0.3) is 0 Å². The molecule has 1 rings (SSSR count). The molecule has 0 aromatic carbocycles. The minimum atomic E-state index is 0.734. The van der Waals surface area contributed by atoms with Crippen molar-refractivity contribution in [2.45, 2.75) is 65.3 Å². The van der Waals surface area contributed by atoms with Crippen LogP contribution in [0.1, 0.15) is 59.3 Å². The molecule has 0 aromatic heterocycles. The van der Waals surface area contributed by atoms with Gasteiger partial charge in [-0.2, -0.15) is 0 Å². The van der Waals surface area contributed by atoms with Crippen molar-refractivity contribution in [1.29, 1.82) is 0 Å². The minimum Gasteiger partial charge on any atom is -0.330 e. The molecule has 0 spiro atoms. The fourth-order valence-corrected chi connectivity index (χ4v) is 2.62. The zero-order valence-electron chi connectivity index (χ0n) is 12.1. The molecule has 1 saturated carbocycles. The van der Waals surface area contributed by atoms with Gasteiger partial charge in [-0.15, -0.1) is 0 Å². The molecule has 0 heterocycles. The average molecular weight is 240 g/mol. The summed E-state index contributed by atoms with van der Waals surface area (Å²) in [6.45, 7) is 10.3. The second-order valence-electron chi connectivity index (χ2n) is 6.14. The molecule has 2 N–H and O–H groups in total. The molecule has 2 heteroatoms. The van der Waals surface area contributed by atoms with Crippen molar-refractivity contribution >= 4 is 0 Å². The smallest absolute Gasteiger partial charge is 0.00964 e. The van der Waals surface area contributed by atoms with Crippen molar-refractivity contribution in [1.82, 2.24) is 4.90 Å². The molecule has 2 nitrogen and oxygen atoms in total. The first-order valence-corrected chi connectivity index (χ1v) is 7.61. The van der Waals surface area contributed by atoms with Crippen LogP contribution in [0.2, 0.25) is 0 Å². The predicted molar refractivity (Wildman–Crippen MR) is 76.1 cm³/mol. The Bertz CT molecular complexity index is 187. The largest absolute Gasteiger partial charge is 0.330 e. The summed E-state index contributed by atoms with van der Waals surface area (Å²) in [5.41, 5.74) is 5.88. The molecule has 0 amide bonds. The maximum atomic E-state index is 5.88. The molecule has 0 saturated heterocycles. The highest BCUT2D eigenvalue weighted by Crippen LogP contribution is 2.28. The molecule has 1 fully saturated rings. The highest BCUT2D eigenvalue weighted by atomic mass is 15.2. The molecule has 1 aliphatic carbocycles. The number of unbranched alkanes of at least 4 members (excludes halogenated alkanes) is 1. The normalized spacial score (nSPS) is 18.0. The summed E-state index contributed by atoms with van der Waals surface area (Å²) in [5, 5.41) is 0. The standard InChI is InChI=1S/C15H32N2/c1-4-5-9-17(15-6-7-15)10-8-14(12-16)11-13(2)3/h13-15H,4-12,16H2,1-3H3. The summed E-state index contributed by atoms with van der Waals surface area (Å²) in [5.74, 6) is 1.52. The van der Waals surface area contributed by atoms with E-state index in [0.29, 0.717) is 0 Å². The zero-order chi connectivity index (χ0) is 12.7. The van der Waals surface area contributed by atoms with E-state index in [1.807, 2.05) is 0 Å². The van der Waals surface area contributed by atoms with Gasteiger partial charge in [0, 0.05) is 6.04 Å². The molecule has 17 heavy (non-hydrogen) atoms. The van der Waals surface area contributed by atoms with Gasteiger partial charge in [-0.05, 0) is 63.6 Å². The van der Waals surface area contributed by atoms with Gasteiger partial charge < -0.3 is 10.6 Å². The molecule has 0 bridgehead atoms. The zero-order valence-corrected chi connectivity index (χ0v) is 12.1. The number of nitrogens with zero attached hydrogens (tertiary/aromatic N) is 1. The third-order valence-electron chi connectivity index (χ3n) is 3.82. The van der Waals surface area contributed by atoms with Crippen molar-refractivity contribution in [3.8, 4) is 0 Å². The molecule has 1 atom stereocenters. The molecule has 0 aromatic rings. The van der Waals surface area contributed by atoms with E-state index >= 15 is 0 Å². The first-order chi connectivity index (χ1) is 8.17. The number of hydrogen-bond donors (Lipinski definition) is 1. The van der Waals surface area contributed by atoms with Crippen LogP contribution < -0.4 is 5.73 Å². The lowest BCUT2D eigenvalue weighted by atomic mass is 9.94. The van der Waals surface area contributed by atoms with E-state index in [4.69, 9.17) is 5.73 Å². The van der Waals surface area contributed by atoms with Crippen LogP contribution in [-0.2, 0) is 0 Å². The lowest BCUT2D eigenvalue weighted by molar-refractivity contribution is 0.231. The molecule has 1 aliphatic rings. The van der Waals surface area contributed by atoms with Crippen LogP contribution in [0, 0.1) is 11.8 Å². The first kappa shape index (κ1) is 15.0. The van der Waals surface area contributed by atoms with Crippen LogP contribution >= 0.6 is 0 Å². The van der Waals surface area contributed by atoms with E-state index < -0.39 is 0 Å². The van der Waals surface area contributed by atoms with Crippen LogP contribution in [0.5, 0.6) is 0 Å². The van der Waals surface area contributed by atoms with Gasteiger partial charge in [0.15, 0.2) is 0 Å². The molecule has 0 aliphatic heterocycles. The monoisotopic (exact) mass is 240 g/mol. The van der Waals surface area contributed by atoms with Crippen molar-refractivity contribution in [2.24, 2.45) is 17.6 Å². The van der Waals surface area contributed by atoms with Crippen LogP contribution in [0.15, 0.2) is 0 Å². The van der Waals surface area contributed by atoms with Gasteiger partial charge in [-0.1, -0.05) is 27.2 Å². The van der Waals surface area contributed by atoms with Gasteiger partial charge in [-0.3, -0.25) is 0 Å². The summed E-state index contributed by atoms with van der Waals surface area (Å²) in [6.07, 6.45) is 8.13. The summed E-state index contributed by atoms with van der Waals surface area (Å²) in [4.78, 5) is 2.71. The SMILES string of the molecule is CCCCN(CCC(CN)CC(C)C)C1CC1. The Balaban J connectivity index is 2.23. The number of rotatable bonds is 10. The van der Waals surface area contributed by atoms with Gasteiger partial charge in [0.05, 0.1) is 0 Å². The third kappa shape index (κ3) is 6.42. The van der Waals surface area contributed by atoms with Gasteiger partial charge in [-0.25, -0.2) is 0 Å². The minimum absolute atomic E-state index is 0.734. The van der Waals surface area contributed by atoms with Crippen molar-refractivity contribution in [3.63, 3.8) is 0 Å². The Hall–Kier alpha value is -0.0800. The van der Waals surface area contributed by atoms with E-state index in [2.05, 4.69) is 25.7 Å². The second-order valence-corrected chi connectivity index (χ2v) is 6.14. The molecule has 0 radical (unpaired) electrons. The fourth-order valence-electron chi connectivity index (χ4n) is 2.62. The third-order valence-corrected chi connectivity index (χ3v) is 3.82. The quantitative estimate of drug-likeness (QED) is 0.635. The summed E-state index contributed by atoms with van der Waals surface area (Å²) in [7, 11) is 0. The maximum absolute atomic E-state index is 5.88. The van der Waals surface area contributed by atoms with Crippen LogP contribution in [-0.4, -0.2) is 30.6 Å². The van der Waals surface area contributed by atoms with Gasteiger partial charge in [0.2, 0.25) is 0 Å². The molecular weight excluding hydrogens is 208 g/mol. The summed E-state index contributed by atoms with van der Waals surface area (Å²) < 4.78 is 0. The predicted octanol–water partition coefficient (Wildman–Crippen LogP) is 3.26. The van der Waals surface area contributed by atoms with E-state index in [0.717, 1.165) is 24.4 Å². The number of hydrogen-bond acceptors (Lipinski definition) is 2. The average Bonchev–Trinajstić information content (AvgIpc) is 3.11. The Morgan fingerprint density at radius 3 is 2.41 bits per heavy atom. The Morgan fingerprint density at radius 2 is 1.94 bits per heavy atom. The lowest BCUT2D eigenvalue weighted by Gasteiger charge is -2.25. The van der Waals surface area contributed by atoms with E-state index in [1.54, 1.807) is 0 Å².